The molecule has 0 aliphatic carbocycles. The number of aliphatic carboxylic acids is 2. The van der Waals surface area contributed by atoms with Gasteiger partial charge in [0.05, 0.1) is 0 Å². The summed E-state index contributed by atoms with van der Waals surface area (Å²) in [7, 11) is 0. The van der Waals surface area contributed by atoms with Gasteiger partial charge in [-0.3, -0.25) is 9.59 Å². The maximum Gasteiger partial charge on any atom is 0.303 e. The van der Waals surface area contributed by atoms with Crippen molar-refractivity contribution in [3.05, 3.63) is 24.3 Å². The average molecular weight is 630 g/mol. The van der Waals surface area contributed by atoms with Crippen LogP contribution < -0.4 is 0 Å². The van der Waals surface area contributed by atoms with Crippen LogP contribution in [0.5, 0.6) is 0 Å². The number of hydrogen-bond acceptors (Lipinski definition) is 2. The Morgan fingerprint density at radius 1 is 0.390 bits per heavy atom. The molecular weight excluding hydrogens is 562 g/mol. The van der Waals surface area contributed by atoms with Gasteiger partial charge in [-0.05, 0) is 51.4 Å². The van der Waals surface area contributed by atoms with Crippen molar-refractivity contribution < 1.29 is 39.3 Å². The summed E-state index contributed by atoms with van der Waals surface area (Å²) in [6.45, 7) is 4.44. The molecule has 0 aliphatic rings. The quantitative estimate of drug-likeness (QED) is 0.0471. The number of allylic oxidation sites excluding steroid dienone is 4. The standard InChI is InChI=1S/2C18H34O2.Zn/c2*1-2-3-4-5-6-7-8-9-10-11-12-13-14-15-16-17-18(19)20;/h2*4-5H,2-3,6-17H2,1H3,(H,19,20);. The van der Waals surface area contributed by atoms with Gasteiger partial charge in [-0.1, -0.05) is 154 Å². The average Bonchev–Trinajstić information content (AvgIpc) is 2.93. The van der Waals surface area contributed by atoms with E-state index in [9.17, 15) is 9.59 Å². The van der Waals surface area contributed by atoms with Crippen molar-refractivity contribution in [3.8, 4) is 0 Å². The second-order valence-corrected chi connectivity index (χ2v) is 11.5. The van der Waals surface area contributed by atoms with Gasteiger partial charge in [0.15, 0.2) is 0 Å². The molecule has 0 bridgehead atoms. The van der Waals surface area contributed by atoms with Crippen LogP contribution in [0.2, 0.25) is 0 Å². The van der Waals surface area contributed by atoms with E-state index in [1.807, 2.05) is 0 Å². The van der Waals surface area contributed by atoms with E-state index in [0.29, 0.717) is 12.8 Å². The molecule has 4 nitrogen and oxygen atoms in total. The fourth-order valence-corrected chi connectivity index (χ4v) is 4.71. The Labute approximate surface area is 268 Å². The summed E-state index contributed by atoms with van der Waals surface area (Å²) < 4.78 is 0. The number of rotatable bonds is 30. The second-order valence-electron chi connectivity index (χ2n) is 11.5. The van der Waals surface area contributed by atoms with E-state index in [1.54, 1.807) is 0 Å². The van der Waals surface area contributed by atoms with Crippen LogP contribution in [0.25, 0.3) is 0 Å². The third-order valence-electron chi connectivity index (χ3n) is 7.27. The summed E-state index contributed by atoms with van der Waals surface area (Å²) in [6, 6.07) is 0. The van der Waals surface area contributed by atoms with Gasteiger partial charge in [-0.25, -0.2) is 0 Å². The first-order chi connectivity index (χ1) is 19.5. The molecule has 0 atom stereocenters. The van der Waals surface area contributed by atoms with E-state index >= 15 is 0 Å². The fourth-order valence-electron chi connectivity index (χ4n) is 4.71. The Morgan fingerprint density at radius 2 is 0.610 bits per heavy atom. The monoisotopic (exact) mass is 628 g/mol. The van der Waals surface area contributed by atoms with Crippen molar-refractivity contribution in [3.63, 3.8) is 0 Å². The van der Waals surface area contributed by atoms with Crippen LogP contribution in [0.15, 0.2) is 24.3 Å². The number of carbonyl (C=O) groups is 2. The van der Waals surface area contributed by atoms with Crippen LogP contribution in [0.1, 0.15) is 194 Å². The molecule has 5 heteroatoms. The summed E-state index contributed by atoms with van der Waals surface area (Å²) in [5.41, 5.74) is 0. The van der Waals surface area contributed by atoms with Crippen LogP contribution >= 0.6 is 0 Å². The number of unbranched alkanes of at least 4 members (excludes halogenated alkanes) is 22. The maximum atomic E-state index is 10.3. The van der Waals surface area contributed by atoms with Gasteiger partial charge in [0.25, 0.3) is 0 Å². The number of hydrogen-bond donors (Lipinski definition) is 2. The van der Waals surface area contributed by atoms with Gasteiger partial charge < -0.3 is 10.2 Å². The molecule has 2 N–H and O–H groups in total. The summed E-state index contributed by atoms with van der Waals surface area (Å²) in [5.74, 6) is -1.32. The largest absolute Gasteiger partial charge is 0.481 e. The first-order valence-corrected chi connectivity index (χ1v) is 17.3. The Balaban J connectivity index is -0.000000688. The molecule has 0 aromatic rings. The molecule has 41 heavy (non-hydrogen) atoms. The zero-order valence-corrected chi connectivity index (χ0v) is 30.5. The molecule has 0 spiro atoms. The summed E-state index contributed by atoms with van der Waals surface area (Å²) in [4.78, 5) is 20.7. The molecule has 0 unspecified atom stereocenters. The molecule has 0 aromatic heterocycles. The van der Waals surface area contributed by atoms with Crippen LogP contribution in [0.4, 0.5) is 0 Å². The van der Waals surface area contributed by atoms with Crippen LogP contribution in [0.3, 0.4) is 0 Å². The zero-order valence-electron chi connectivity index (χ0n) is 27.5. The Bertz CT molecular complexity index is 524. The van der Waals surface area contributed by atoms with E-state index in [2.05, 4.69) is 38.2 Å². The second kappa shape index (κ2) is 41.2. The van der Waals surface area contributed by atoms with Crippen molar-refractivity contribution in [2.24, 2.45) is 0 Å². The fraction of sp³-hybridized carbons (Fsp3) is 0.833. The van der Waals surface area contributed by atoms with Crippen LogP contribution in [-0.2, 0) is 29.1 Å². The third-order valence-corrected chi connectivity index (χ3v) is 7.27. The summed E-state index contributed by atoms with van der Waals surface area (Å²) in [5, 5.41) is 17.0. The van der Waals surface area contributed by atoms with Crippen molar-refractivity contribution in [1.82, 2.24) is 0 Å². The van der Waals surface area contributed by atoms with Gasteiger partial charge in [-0.2, -0.15) is 0 Å². The van der Waals surface area contributed by atoms with E-state index in [1.165, 1.54) is 141 Å². The minimum atomic E-state index is -0.658. The van der Waals surface area contributed by atoms with Crippen molar-refractivity contribution >= 4 is 11.9 Å². The van der Waals surface area contributed by atoms with Gasteiger partial charge in [-0.15, -0.1) is 0 Å². The first kappa shape index (κ1) is 44.5. The molecule has 238 valence electrons. The summed E-state index contributed by atoms with van der Waals surface area (Å²) in [6.07, 6.45) is 42.5. The molecule has 0 saturated heterocycles. The topological polar surface area (TPSA) is 74.6 Å². The third kappa shape index (κ3) is 49.1. The molecule has 0 saturated carbocycles. The Hall–Kier alpha value is -0.957. The zero-order chi connectivity index (χ0) is 29.8. The minimum absolute atomic E-state index is 0. The van der Waals surface area contributed by atoms with E-state index in [-0.39, 0.29) is 19.5 Å². The van der Waals surface area contributed by atoms with Gasteiger partial charge in [0.1, 0.15) is 0 Å². The van der Waals surface area contributed by atoms with Crippen molar-refractivity contribution in [2.75, 3.05) is 0 Å². The molecule has 0 aromatic carbocycles. The number of carboxylic acid groups (broad SMARTS) is 2. The van der Waals surface area contributed by atoms with Crippen molar-refractivity contribution in [2.45, 2.75) is 194 Å². The maximum absolute atomic E-state index is 10.3. The van der Waals surface area contributed by atoms with Crippen LogP contribution in [-0.4, -0.2) is 22.2 Å². The predicted octanol–water partition coefficient (Wildman–Crippen LogP) is 12.2. The van der Waals surface area contributed by atoms with Gasteiger partial charge >= 0.3 is 11.9 Å². The number of carboxylic acids is 2. The van der Waals surface area contributed by atoms with Gasteiger partial charge in [0, 0.05) is 32.3 Å². The smallest absolute Gasteiger partial charge is 0.303 e. The molecule has 0 rings (SSSR count). The Morgan fingerprint density at radius 3 is 0.854 bits per heavy atom. The minimum Gasteiger partial charge on any atom is -0.481 e. The normalized spacial score (nSPS) is 11.0. The van der Waals surface area contributed by atoms with E-state index in [4.69, 9.17) is 10.2 Å². The Kier molecular flexibility index (Phi) is 44.7. The molecule has 0 radical (unpaired) electrons. The van der Waals surface area contributed by atoms with E-state index < -0.39 is 11.9 Å². The molecule has 0 heterocycles. The first-order valence-electron chi connectivity index (χ1n) is 17.3. The molecular formula is C36H68O4Zn. The summed E-state index contributed by atoms with van der Waals surface area (Å²) >= 11 is 0. The van der Waals surface area contributed by atoms with E-state index in [0.717, 1.165) is 25.7 Å². The van der Waals surface area contributed by atoms with Crippen molar-refractivity contribution in [1.29, 1.82) is 0 Å². The molecule has 0 fully saturated rings. The SMILES string of the molecule is CCCC=CCCCCCCCCCCCCC(=O)O.CCCC=CCCCCCCCCCCCCC(=O)O.[Zn]. The predicted molar refractivity (Wildman–Crippen MR) is 174 cm³/mol. The van der Waals surface area contributed by atoms with Crippen LogP contribution in [0, 0.1) is 0 Å². The van der Waals surface area contributed by atoms with Gasteiger partial charge in [0.2, 0.25) is 0 Å². The molecule has 0 aliphatic heterocycles. The molecule has 0 amide bonds.